The van der Waals surface area contributed by atoms with Gasteiger partial charge in [0.15, 0.2) is 11.6 Å². The largest absolute Gasteiger partial charge is 0.484 e. The fourth-order valence-corrected chi connectivity index (χ4v) is 2.44. The van der Waals surface area contributed by atoms with E-state index in [1.54, 1.807) is 6.20 Å². The molecule has 2 rings (SSSR count). The topological polar surface area (TPSA) is 85.4 Å². The molecule has 2 heterocycles. The molecule has 1 atom stereocenters. The molecule has 0 spiro atoms. The van der Waals surface area contributed by atoms with Gasteiger partial charge in [0.25, 0.3) is 0 Å². The van der Waals surface area contributed by atoms with Crippen molar-refractivity contribution in [3.8, 4) is 5.75 Å². The van der Waals surface area contributed by atoms with Crippen LogP contribution in [0.2, 0.25) is 0 Å². The number of nitrogen functional groups attached to an aromatic ring is 1. The number of rotatable bonds is 7. The summed E-state index contributed by atoms with van der Waals surface area (Å²) in [6.07, 6.45) is 6.83. The van der Waals surface area contributed by atoms with Gasteiger partial charge in [0.2, 0.25) is 5.95 Å². The van der Waals surface area contributed by atoms with Crippen LogP contribution in [0.3, 0.4) is 0 Å². The highest BCUT2D eigenvalue weighted by atomic mass is 16.5. The van der Waals surface area contributed by atoms with E-state index in [1.165, 1.54) is 5.57 Å². The van der Waals surface area contributed by atoms with E-state index in [0.717, 1.165) is 31.5 Å². The van der Waals surface area contributed by atoms with Gasteiger partial charge < -0.3 is 15.8 Å². The fraction of sp³-hybridized carbons (Fsp3) is 0.562. The van der Waals surface area contributed by atoms with Crippen LogP contribution in [0.15, 0.2) is 22.8 Å². The van der Waals surface area contributed by atoms with Crippen molar-refractivity contribution >= 4 is 17.5 Å². The van der Waals surface area contributed by atoms with Crippen molar-refractivity contribution in [1.82, 2.24) is 9.97 Å². The molecule has 1 aliphatic rings. The number of nitrogens with two attached hydrogens (primary N) is 1. The standard InChI is InChI=1S/C16H25N5O/c1-4-5-6-18-15-14(9-19-16(17)21-15)22-10-13-7-11(2)20-12(3)8-13/h7,9,12H,4-6,8,10H2,1-3H3,(H3,17,18,19,21). The Bertz CT molecular complexity index is 568. The highest BCUT2D eigenvalue weighted by Crippen LogP contribution is 2.23. The van der Waals surface area contributed by atoms with Gasteiger partial charge in [0.05, 0.1) is 12.2 Å². The summed E-state index contributed by atoms with van der Waals surface area (Å²) in [5.41, 5.74) is 7.94. The van der Waals surface area contributed by atoms with E-state index in [9.17, 15) is 0 Å². The number of allylic oxidation sites excluding steroid dienone is 1. The SMILES string of the molecule is CCCCNc1nc(N)ncc1OCC1=CC(C)=NC(C)C1. The molecule has 0 aliphatic carbocycles. The van der Waals surface area contributed by atoms with E-state index in [-0.39, 0.29) is 5.95 Å². The average molecular weight is 303 g/mol. The summed E-state index contributed by atoms with van der Waals surface area (Å²) >= 11 is 0. The second kappa shape index (κ2) is 7.77. The second-order valence-electron chi connectivity index (χ2n) is 5.64. The molecule has 6 nitrogen and oxygen atoms in total. The highest BCUT2D eigenvalue weighted by Gasteiger charge is 2.13. The van der Waals surface area contributed by atoms with Gasteiger partial charge in [-0.2, -0.15) is 4.98 Å². The molecule has 0 saturated carbocycles. The molecule has 6 heteroatoms. The van der Waals surface area contributed by atoms with E-state index < -0.39 is 0 Å². The minimum Gasteiger partial charge on any atom is -0.484 e. The number of unbranched alkanes of at least 4 members (excludes halogenated alkanes) is 1. The van der Waals surface area contributed by atoms with Crippen molar-refractivity contribution in [2.45, 2.75) is 46.1 Å². The third-order valence-electron chi connectivity index (χ3n) is 3.40. The molecule has 22 heavy (non-hydrogen) atoms. The molecule has 0 amide bonds. The van der Waals surface area contributed by atoms with Crippen LogP contribution in [0, 0.1) is 0 Å². The third-order valence-corrected chi connectivity index (χ3v) is 3.40. The van der Waals surface area contributed by atoms with Crippen LogP contribution in [0.5, 0.6) is 5.75 Å². The first-order valence-electron chi connectivity index (χ1n) is 7.81. The summed E-state index contributed by atoms with van der Waals surface area (Å²) in [7, 11) is 0. The molecule has 0 radical (unpaired) electrons. The number of hydrogen-bond acceptors (Lipinski definition) is 6. The monoisotopic (exact) mass is 303 g/mol. The van der Waals surface area contributed by atoms with Gasteiger partial charge in [-0.1, -0.05) is 13.3 Å². The number of hydrogen-bond donors (Lipinski definition) is 2. The van der Waals surface area contributed by atoms with Crippen LogP contribution in [0.4, 0.5) is 11.8 Å². The van der Waals surface area contributed by atoms with E-state index in [4.69, 9.17) is 10.5 Å². The normalized spacial score (nSPS) is 17.7. The van der Waals surface area contributed by atoms with Crippen LogP contribution in [0.25, 0.3) is 0 Å². The van der Waals surface area contributed by atoms with E-state index >= 15 is 0 Å². The van der Waals surface area contributed by atoms with Gasteiger partial charge in [0.1, 0.15) is 6.61 Å². The molecule has 1 aromatic heterocycles. The molecule has 1 aliphatic heterocycles. The molecule has 0 bridgehead atoms. The Kier molecular flexibility index (Phi) is 5.75. The molecule has 3 N–H and O–H groups in total. The molecule has 0 saturated heterocycles. The van der Waals surface area contributed by atoms with Gasteiger partial charge in [-0.05, 0) is 38.3 Å². The Labute approximate surface area is 131 Å². The molecule has 1 unspecified atom stereocenters. The van der Waals surface area contributed by atoms with E-state index in [0.29, 0.717) is 24.2 Å². The van der Waals surface area contributed by atoms with Crippen molar-refractivity contribution in [2.75, 3.05) is 24.2 Å². The first-order chi connectivity index (χ1) is 10.6. The Morgan fingerprint density at radius 3 is 3.00 bits per heavy atom. The average Bonchev–Trinajstić information content (AvgIpc) is 2.46. The maximum Gasteiger partial charge on any atom is 0.222 e. The smallest absolute Gasteiger partial charge is 0.222 e. The zero-order valence-electron chi connectivity index (χ0n) is 13.6. The number of aromatic nitrogens is 2. The Hall–Kier alpha value is -2.11. The maximum absolute atomic E-state index is 5.89. The fourth-order valence-electron chi connectivity index (χ4n) is 2.44. The molecular formula is C16H25N5O. The summed E-state index contributed by atoms with van der Waals surface area (Å²) in [5.74, 6) is 1.55. The summed E-state index contributed by atoms with van der Waals surface area (Å²) < 4.78 is 5.89. The van der Waals surface area contributed by atoms with Gasteiger partial charge in [0, 0.05) is 12.3 Å². The third kappa shape index (κ3) is 4.72. The van der Waals surface area contributed by atoms with Gasteiger partial charge >= 0.3 is 0 Å². The van der Waals surface area contributed by atoms with Crippen LogP contribution >= 0.6 is 0 Å². The summed E-state index contributed by atoms with van der Waals surface area (Å²) in [4.78, 5) is 12.7. The molecule has 0 aromatic carbocycles. The van der Waals surface area contributed by atoms with Gasteiger partial charge in [-0.3, -0.25) is 4.99 Å². The lowest BCUT2D eigenvalue weighted by molar-refractivity contribution is 0.344. The number of dihydropyridines is 1. The highest BCUT2D eigenvalue weighted by molar-refractivity contribution is 5.94. The lowest BCUT2D eigenvalue weighted by atomic mass is 10.0. The predicted octanol–water partition coefficient (Wildman–Crippen LogP) is 2.83. The number of nitrogens with zero attached hydrogens (tertiary/aromatic N) is 3. The molecule has 120 valence electrons. The van der Waals surface area contributed by atoms with Crippen LogP contribution in [0.1, 0.15) is 40.0 Å². The molecule has 1 aromatic rings. The molecular weight excluding hydrogens is 278 g/mol. The number of aliphatic imine (C=N–C) groups is 1. The van der Waals surface area contributed by atoms with Crippen LogP contribution in [-0.4, -0.2) is 34.9 Å². The number of anilines is 2. The number of nitrogens with one attached hydrogen (secondary N) is 1. The van der Waals surface area contributed by atoms with Crippen molar-refractivity contribution in [3.63, 3.8) is 0 Å². The van der Waals surface area contributed by atoms with Crippen molar-refractivity contribution in [1.29, 1.82) is 0 Å². The number of ether oxygens (including phenoxy) is 1. The predicted molar refractivity (Wildman–Crippen MR) is 90.6 cm³/mol. The van der Waals surface area contributed by atoms with Gasteiger partial charge in [-0.25, -0.2) is 4.98 Å². The van der Waals surface area contributed by atoms with Crippen molar-refractivity contribution < 1.29 is 4.74 Å². The molecule has 0 fully saturated rings. The first kappa shape index (κ1) is 16.3. The van der Waals surface area contributed by atoms with Gasteiger partial charge in [-0.15, -0.1) is 0 Å². The Morgan fingerprint density at radius 2 is 2.27 bits per heavy atom. The lowest BCUT2D eigenvalue weighted by Crippen LogP contribution is -2.15. The first-order valence-corrected chi connectivity index (χ1v) is 7.81. The minimum atomic E-state index is 0.250. The minimum absolute atomic E-state index is 0.250. The zero-order valence-corrected chi connectivity index (χ0v) is 13.6. The Morgan fingerprint density at radius 1 is 1.45 bits per heavy atom. The Balaban J connectivity index is 2.01. The second-order valence-corrected chi connectivity index (χ2v) is 5.64. The van der Waals surface area contributed by atoms with Crippen LogP contribution < -0.4 is 15.8 Å². The lowest BCUT2D eigenvalue weighted by Gasteiger charge is -2.18. The quantitative estimate of drug-likeness (QED) is 0.756. The summed E-state index contributed by atoms with van der Waals surface area (Å²) in [6.45, 7) is 7.63. The van der Waals surface area contributed by atoms with E-state index in [1.807, 2.05) is 6.92 Å². The summed E-state index contributed by atoms with van der Waals surface area (Å²) in [6, 6.07) is 0.313. The van der Waals surface area contributed by atoms with Crippen molar-refractivity contribution in [3.05, 3.63) is 17.8 Å². The van der Waals surface area contributed by atoms with E-state index in [2.05, 4.69) is 40.2 Å². The summed E-state index contributed by atoms with van der Waals surface area (Å²) in [5, 5.41) is 3.26. The maximum atomic E-state index is 5.89. The van der Waals surface area contributed by atoms with Crippen LogP contribution in [-0.2, 0) is 0 Å². The zero-order chi connectivity index (χ0) is 15.9. The van der Waals surface area contributed by atoms with Crippen molar-refractivity contribution in [2.24, 2.45) is 4.99 Å².